The van der Waals surface area contributed by atoms with Crippen molar-refractivity contribution in [2.45, 2.75) is 13.0 Å². The Morgan fingerprint density at radius 3 is 2.96 bits per heavy atom. The molecule has 0 saturated heterocycles. The molecule has 0 radical (unpaired) electrons. The number of hydrogen-bond acceptors (Lipinski definition) is 6. The van der Waals surface area contributed by atoms with Gasteiger partial charge in [0.25, 0.3) is 11.6 Å². The Kier molecular flexibility index (Phi) is 5.88. The van der Waals surface area contributed by atoms with Crippen molar-refractivity contribution >= 4 is 46.6 Å². The van der Waals surface area contributed by atoms with Crippen LogP contribution in [0.25, 0.3) is 6.08 Å². The fourth-order valence-corrected chi connectivity index (χ4v) is 3.75. The minimum atomic E-state index is -0.700. The Balaban J connectivity index is 1.52. The van der Waals surface area contributed by atoms with E-state index in [2.05, 4.69) is 0 Å². The van der Waals surface area contributed by atoms with Crippen molar-refractivity contribution in [2.75, 3.05) is 13.2 Å². The number of carbonyl (C=O) groups excluding carboxylic acids is 2. The first-order chi connectivity index (χ1) is 12.9. The number of benzene rings is 1. The molecule has 0 bridgehead atoms. The first kappa shape index (κ1) is 19.1. The van der Waals surface area contributed by atoms with E-state index < -0.39 is 10.9 Å². The molecule has 2 heterocycles. The summed E-state index contributed by atoms with van der Waals surface area (Å²) < 4.78 is 4.98. The highest BCUT2D eigenvalue weighted by Gasteiger charge is 2.22. The van der Waals surface area contributed by atoms with E-state index in [0.29, 0.717) is 18.7 Å². The molecule has 0 saturated carbocycles. The van der Waals surface area contributed by atoms with Crippen molar-refractivity contribution in [2.24, 2.45) is 0 Å². The summed E-state index contributed by atoms with van der Waals surface area (Å²) in [5.74, 6) is -0.954. The smallest absolute Gasteiger partial charge is 0.331 e. The Bertz CT molecular complexity index is 924. The number of rotatable bonds is 5. The number of fused-ring (bicyclic) bond motifs is 1. The van der Waals surface area contributed by atoms with Crippen LogP contribution in [0.4, 0.5) is 5.69 Å². The van der Waals surface area contributed by atoms with Crippen LogP contribution in [0.5, 0.6) is 0 Å². The molecule has 9 heteroatoms. The van der Waals surface area contributed by atoms with Crippen LogP contribution in [0.15, 0.2) is 35.7 Å². The van der Waals surface area contributed by atoms with E-state index in [-0.39, 0.29) is 23.2 Å². The standard InChI is InChI=1S/C18H15ClN2O5S/c19-14-3-1-12(9-15(14)21(24)25)2-4-18(23)26-11-17(22)20-7-5-16-13(10-20)6-8-27-16/h1-4,6,8-9H,5,7,10-11H2/b4-2+. The lowest BCUT2D eigenvalue weighted by Crippen LogP contribution is -2.38. The number of amides is 1. The number of carbonyl (C=O) groups is 2. The normalized spacial score (nSPS) is 13.4. The summed E-state index contributed by atoms with van der Waals surface area (Å²) in [7, 11) is 0. The second-order valence-corrected chi connectivity index (χ2v) is 7.25. The van der Waals surface area contributed by atoms with Gasteiger partial charge in [0.15, 0.2) is 6.61 Å². The number of nitrogens with zero attached hydrogens (tertiary/aromatic N) is 2. The summed E-state index contributed by atoms with van der Waals surface area (Å²) in [6, 6.07) is 6.17. The zero-order chi connectivity index (χ0) is 19.4. The summed E-state index contributed by atoms with van der Waals surface area (Å²) in [4.78, 5) is 37.2. The number of thiophene rings is 1. The average molecular weight is 407 g/mol. The maximum absolute atomic E-state index is 12.2. The lowest BCUT2D eigenvalue weighted by atomic mass is 10.1. The number of halogens is 1. The third kappa shape index (κ3) is 4.72. The molecule has 27 heavy (non-hydrogen) atoms. The molecule has 0 fully saturated rings. The van der Waals surface area contributed by atoms with Gasteiger partial charge in [0.2, 0.25) is 0 Å². The van der Waals surface area contributed by atoms with Gasteiger partial charge in [-0.15, -0.1) is 11.3 Å². The van der Waals surface area contributed by atoms with E-state index >= 15 is 0 Å². The zero-order valence-corrected chi connectivity index (χ0v) is 15.7. The quantitative estimate of drug-likeness (QED) is 0.328. The van der Waals surface area contributed by atoms with E-state index in [0.717, 1.165) is 18.1 Å². The molecule has 1 aromatic heterocycles. The van der Waals surface area contributed by atoms with Crippen molar-refractivity contribution in [3.63, 3.8) is 0 Å². The van der Waals surface area contributed by atoms with Crippen LogP contribution in [0.2, 0.25) is 5.02 Å². The van der Waals surface area contributed by atoms with Gasteiger partial charge in [0, 0.05) is 30.1 Å². The van der Waals surface area contributed by atoms with Gasteiger partial charge in [-0.1, -0.05) is 17.7 Å². The predicted octanol–water partition coefficient (Wildman–Crippen LogP) is 3.45. The molecule has 140 valence electrons. The maximum Gasteiger partial charge on any atom is 0.331 e. The minimum absolute atomic E-state index is 0.0145. The third-order valence-electron chi connectivity index (χ3n) is 4.08. The SMILES string of the molecule is O=C(/C=C/c1ccc(Cl)c([N+](=O)[O-])c1)OCC(=O)N1CCc2sccc2C1. The molecule has 1 aliphatic rings. The van der Waals surface area contributed by atoms with E-state index in [1.807, 2.05) is 11.4 Å². The zero-order valence-electron chi connectivity index (χ0n) is 14.1. The van der Waals surface area contributed by atoms with Gasteiger partial charge < -0.3 is 9.64 Å². The molecule has 2 aromatic rings. The van der Waals surface area contributed by atoms with Gasteiger partial charge in [-0.25, -0.2) is 4.79 Å². The number of esters is 1. The fraction of sp³-hybridized carbons (Fsp3) is 0.222. The van der Waals surface area contributed by atoms with Crippen molar-refractivity contribution in [3.8, 4) is 0 Å². The number of ether oxygens (including phenoxy) is 1. The molecule has 0 atom stereocenters. The number of nitro groups is 1. The van der Waals surface area contributed by atoms with E-state index in [9.17, 15) is 19.7 Å². The van der Waals surface area contributed by atoms with Crippen LogP contribution in [-0.2, 0) is 27.3 Å². The van der Waals surface area contributed by atoms with E-state index in [1.54, 1.807) is 16.2 Å². The summed E-state index contributed by atoms with van der Waals surface area (Å²) in [5.41, 5.74) is 1.31. The molecule has 0 unspecified atom stereocenters. The first-order valence-electron chi connectivity index (χ1n) is 8.06. The Labute approximate surface area is 164 Å². The Hall–Kier alpha value is -2.71. The summed E-state index contributed by atoms with van der Waals surface area (Å²) in [6.07, 6.45) is 3.30. The summed E-state index contributed by atoms with van der Waals surface area (Å²) >= 11 is 7.42. The van der Waals surface area contributed by atoms with Gasteiger partial charge in [0.1, 0.15) is 5.02 Å². The fourth-order valence-electron chi connectivity index (χ4n) is 2.67. The van der Waals surface area contributed by atoms with Crippen molar-refractivity contribution in [1.29, 1.82) is 0 Å². The molecular weight excluding hydrogens is 392 g/mol. The Morgan fingerprint density at radius 2 is 2.19 bits per heavy atom. The van der Waals surface area contributed by atoms with Crippen LogP contribution in [0.3, 0.4) is 0 Å². The number of hydrogen-bond donors (Lipinski definition) is 0. The molecule has 1 aromatic carbocycles. The molecule has 1 amide bonds. The van der Waals surface area contributed by atoms with Crippen molar-refractivity contribution in [3.05, 3.63) is 66.9 Å². The highest BCUT2D eigenvalue weighted by molar-refractivity contribution is 7.10. The van der Waals surface area contributed by atoms with Gasteiger partial charge in [-0.2, -0.15) is 0 Å². The van der Waals surface area contributed by atoms with Crippen LogP contribution in [-0.4, -0.2) is 34.9 Å². The van der Waals surface area contributed by atoms with Gasteiger partial charge in [-0.3, -0.25) is 14.9 Å². The topological polar surface area (TPSA) is 89.7 Å². The molecule has 0 N–H and O–H groups in total. The average Bonchev–Trinajstić information content (AvgIpc) is 3.12. The lowest BCUT2D eigenvalue weighted by molar-refractivity contribution is -0.384. The van der Waals surface area contributed by atoms with E-state index in [1.165, 1.54) is 29.2 Å². The molecule has 0 aliphatic carbocycles. The molecule has 7 nitrogen and oxygen atoms in total. The summed E-state index contributed by atoms with van der Waals surface area (Å²) in [6.45, 7) is 0.789. The van der Waals surface area contributed by atoms with Crippen molar-refractivity contribution in [1.82, 2.24) is 4.90 Å². The second kappa shape index (κ2) is 8.32. The largest absolute Gasteiger partial charge is 0.452 e. The Morgan fingerprint density at radius 1 is 1.37 bits per heavy atom. The van der Waals surface area contributed by atoms with Crippen LogP contribution in [0.1, 0.15) is 16.0 Å². The van der Waals surface area contributed by atoms with Crippen molar-refractivity contribution < 1.29 is 19.2 Å². The third-order valence-corrected chi connectivity index (χ3v) is 5.42. The van der Waals surface area contributed by atoms with Gasteiger partial charge >= 0.3 is 5.97 Å². The highest BCUT2D eigenvalue weighted by atomic mass is 35.5. The molecule has 1 aliphatic heterocycles. The van der Waals surface area contributed by atoms with Crippen LogP contribution < -0.4 is 0 Å². The van der Waals surface area contributed by atoms with Crippen LogP contribution in [0, 0.1) is 10.1 Å². The molecule has 0 spiro atoms. The van der Waals surface area contributed by atoms with E-state index in [4.69, 9.17) is 16.3 Å². The van der Waals surface area contributed by atoms with Gasteiger partial charge in [-0.05, 0) is 41.1 Å². The second-order valence-electron chi connectivity index (χ2n) is 5.84. The lowest BCUT2D eigenvalue weighted by Gasteiger charge is -2.26. The highest BCUT2D eigenvalue weighted by Crippen LogP contribution is 2.26. The maximum atomic E-state index is 12.2. The summed E-state index contributed by atoms with van der Waals surface area (Å²) in [5, 5.41) is 12.9. The molecule has 3 rings (SSSR count). The minimum Gasteiger partial charge on any atom is -0.452 e. The van der Waals surface area contributed by atoms with Crippen LogP contribution >= 0.6 is 22.9 Å². The van der Waals surface area contributed by atoms with Gasteiger partial charge in [0.05, 0.1) is 4.92 Å². The monoisotopic (exact) mass is 406 g/mol. The number of nitro benzene ring substituents is 1. The molecular formula is C18H15ClN2O5S. The first-order valence-corrected chi connectivity index (χ1v) is 9.31. The predicted molar refractivity (Wildman–Crippen MR) is 102 cm³/mol.